The lowest BCUT2D eigenvalue weighted by molar-refractivity contribution is 0.116. The normalized spacial score (nSPS) is 11.6. The van der Waals surface area contributed by atoms with E-state index in [-0.39, 0.29) is 19.8 Å². The molecule has 0 radical (unpaired) electrons. The summed E-state index contributed by atoms with van der Waals surface area (Å²) in [6.07, 6.45) is 0. The van der Waals surface area contributed by atoms with Gasteiger partial charge in [0.1, 0.15) is 5.75 Å². The van der Waals surface area contributed by atoms with Gasteiger partial charge in [-0.3, -0.25) is 13.6 Å². The quantitative estimate of drug-likeness (QED) is 0.657. The van der Waals surface area contributed by atoms with Crippen LogP contribution in [0.3, 0.4) is 0 Å². The van der Waals surface area contributed by atoms with Crippen LogP contribution in [0.25, 0.3) is 0 Å². The first kappa shape index (κ1) is 16.7. The maximum Gasteiger partial charge on any atom is 0.475 e. The largest absolute Gasteiger partial charge is 0.497 e. The molecule has 0 aliphatic heterocycles. The molecule has 0 atom stereocenters. The van der Waals surface area contributed by atoms with Crippen LogP contribution in [0.2, 0.25) is 0 Å². The summed E-state index contributed by atoms with van der Waals surface area (Å²) in [6, 6.07) is 5.48. The first-order valence-electron chi connectivity index (χ1n) is 5.90. The van der Waals surface area contributed by atoms with Gasteiger partial charge < -0.3 is 4.74 Å². The monoisotopic (exact) mass is 352 g/mol. The lowest BCUT2D eigenvalue weighted by Gasteiger charge is -2.16. The summed E-state index contributed by atoms with van der Waals surface area (Å²) in [4.78, 5) is 0. The Hall–Kier alpha value is -0.390. The third kappa shape index (κ3) is 5.63. The van der Waals surface area contributed by atoms with Crippen LogP contribution in [0.15, 0.2) is 22.7 Å². The van der Waals surface area contributed by atoms with Gasteiger partial charge in [-0.1, -0.05) is 15.9 Å². The molecule has 5 nitrogen and oxygen atoms in total. The highest BCUT2D eigenvalue weighted by Crippen LogP contribution is 2.50. The van der Waals surface area contributed by atoms with Crippen LogP contribution in [0, 0.1) is 0 Å². The van der Waals surface area contributed by atoms with E-state index in [1.165, 1.54) is 0 Å². The van der Waals surface area contributed by atoms with E-state index in [1.54, 1.807) is 27.0 Å². The van der Waals surface area contributed by atoms with E-state index in [9.17, 15) is 4.57 Å². The van der Waals surface area contributed by atoms with E-state index in [0.717, 1.165) is 10.0 Å². The van der Waals surface area contributed by atoms with Gasteiger partial charge in [-0.25, -0.2) is 4.57 Å². The lowest BCUT2D eigenvalue weighted by Crippen LogP contribution is -2.00. The standard InChI is InChI=1S/C12H18BrO5P/c1-4-16-19(14,17-5-2)18-9-10-6-11(13)8-12(7-10)15-3/h6-8H,4-5,9H2,1-3H3. The van der Waals surface area contributed by atoms with Gasteiger partial charge in [-0.15, -0.1) is 0 Å². The van der Waals surface area contributed by atoms with Crippen molar-refractivity contribution >= 4 is 23.8 Å². The Morgan fingerprint density at radius 2 is 1.74 bits per heavy atom. The second-order valence-electron chi connectivity index (χ2n) is 3.56. The predicted molar refractivity (Wildman–Crippen MR) is 76.3 cm³/mol. The molecule has 0 aliphatic rings. The SMILES string of the molecule is CCOP(=O)(OCC)OCc1cc(Br)cc(OC)c1. The molecule has 0 N–H and O–H groups in total. The fourth-order valence-electron chi connectivity index (χ4n) is 1.40. The van der Waals surface area contributed by atoms with Gasteiger partial charge in [-0.2, -0.15) is 0 Å². The number of hydrogen-bond acceptors (Lipinski definition) is 5. The van der Waals surface area contributed by atoms with E-state index >= 15 is 0 Å². The van der Waals surface area contributed by atoms with Gasteiger partial charge in [0.25, 0.3) is 0 Å². The third-order valence-corrected chi connectivity index (χ3v) is 4.18. The van der Waals surface area contributed by atoms with Crippen LogP contribution in [0.4, 0.5) is 0 Å². The van der Waals surface area contributed by atoms with Crippen molar-refractivity contribution in [2.24, 2.45) is 0 Å². The van der Waals surface area contributed by atoms with Crippen LogP contribution < -0.4 is 4.74 Å². The number of halogens is 1. The molecule has 7 heteroatoms. The number of phosphoric acid groups is 1. The average molecular weight is 353 g/mol. The molecule has 1 rings (SSSR count). The Balaban J connectivity index is 2.73. The summed E-state index contributed by atoms with van der Waals surface area (Å²) in [5, 5.41) is 0. The van der Waals surface area contributed by atoms with E-state index < -0.39 is 7.82 Å². The molecule has 0 saturated heterocycles. The molecule has 0 aromatic heterocycles. The summed E-state index contributed by atoms with van der Waals surface area (Å²) in [5.74, 6) is 0.690. The van der Waals surface area contributed by atoms with E-state index in [4.69, 9.17) is 18.3 Å². The van der Waals surface area contributed by atoms with Crippen LogP contribution >= 0.6 is 23.8 Å². The summed E-state index contributed by atoms with van der Waals surface area (Å²) in [6.45, 7) is 4.11. The predicted octanol–water partition coefficient (Wildman–Crippen LogP) is 4.16. The van der Waals surface area contributed by atoms with Crippen molar-refractivity contribution in [2.75, 3.05) is 20.3 Å². The third-order valence-electron chi connectivity index (χ3n) is 2.13. The highest BCUT2D eigenvalue weighted by Gasteiger charge is 2.25. The Bertz CT molecular complexity index is 442. The van der Waals surface area contributed by atoms with Crippen LogP contribution in [-0.2, 0) is 24.7 Å². The van der Waals surface area contributed by atoms with E-state index in [1.807, 2.05) is 12.1 Å². The molecule has 19 heavy (non-hydrogen) atoms. The van der Waals surface area contributed by atoms with Gasteiger partial charge in [0.15, 0.2) is 0 Å². The minimum atomic E-state index is -3.48. The zero-order chi connectivity index (χ0) is 14.3. The molecule has 0 unspecified atom stereocenters. The molecule has 0 fully saturated rings. The highest BCUT2D eigenvalue weighted by molar-refractivity contribution is 9.10. The molecule has 0 aliphatic carbocycles. The van der Waals surface area contributed by atoms with Gasteiger partial charge in [0.2, 0.25) is 0 Å². The number of benzene rings is 1. The molecule has 0 saturated carbocycles. The zero-order valence-corrected chi connectivity index (χ0v) is 13.7. The van der Waals surface area contributed by atoms with Gasteiger partial charge >= 0.3 is 7.82 Å². The molecule has 108 valence electrons. The summed E-state index contributed by atoms with van der Waals surface area (Å²) in [7, 11) is -1.90. The summed E-state index contributed by atoms with van der Waals surface area (Å²) >= 11 is 3.37. The van der Waals surface area contributed by atoms with Gasteiger partial charge in [-0.05, 0) is 37.6 Å². The van der Waals surface area contributed by atoms with Crippen LogP contribution in [-0.4, -0.2) is 20.3 Å². The Kier molecular flexibility index (Phi) is 7.04. The van der Waals surface area contributed by atoms with Crippen LogP contribution in [0.5, 0.6) is 5.75 Å². The first-order chi connectivity index (χ1) is 9.03. The van der Waals surface area contributed by atoms with Crippen molar-refractivity contribution in [3.63, 3.8) is 0 Å². The van der Waals surface area contributed by atoms with Crippen molar-refractivity contribution < 1.29 is 22.9 Å². The van der Waals surface area contributed by atoms with Crippen molar-refractivity contribution in [2.45, 2.75) is 20.5 Å². The molecule has 1 aromatic carbocycles. The van der Waals surface area contributed by atoms with Crippen LogP contribution in [0.1, 0.15) is 19.4 Å². The number of methoxy groups -OCH3 is 1. The number of ether oxygens (including phenoxy) is 1. The second-order valence-corrected chi connectivity index (χ2v) is 6.14. The fraction of sp³-hybridized carbons (Fsp3) is 0.500. The Morgan fingerprint density at radius 3 is 2.26 bits per heavy atom. The van der Waals surface area contributed by atoms with Crippen molar-refractivity contribution in [1.82, 2.24) is 0 Å². The van der Waals surface area contributed by atoms with E-state index in [0.29, 0.717) is 5.75 Å². The van der Waals surface area contributed by atoms with Crippen molar-refractivity contribution in [3.05, 3.63) is 28.2 Å². The average Bonchev–Trinajstić information content (AvgIpc) is 2.36. The van der Waals surface area contributed by atoms with Crippen molar-refractivity contribution in [1.29, 1.82) is 0 Å². The molecule has 0 amide bonds. The number of phosphoric ester groups is 1. The maximum absolute atomic E-state index is 12.1. The number of rotatable bonds is 8. The lowest BCUT2D eigenvalue weighted by atomic mass is 10.2. The summed E-state index contributed by atoms with van der Waals surface area (Å²) < 4.78 is 33.5. The van der Waals surface area contributed by atoms with Gasteiger partial charge in [0.05, 0.1) is 26.9 Å². The molecule has 0 spiro atoms. The van der Waals surface area contributed by atoms with E-state index in [2.05, 4.69) is 15.9 Å². The first-order valence-corrected chi connectivity index (χ1v) is 8.15. The molecule has 1 aromatic rings. The van der Waals surface area contributed by atoms with Crippen molar-refractivity contribution in [3.8, 4) is 5.75 Å². The molecular weight excluding hydrogens is 335 g/mol. The smallest absolute Gasteiger partial charge is 0.475 e. The fourth-order valence-corrected chi connectivity index (χ4v) is 3.09. The Morgan fingerprint density at radius 1 is 1.11 bits per heavy atom. The minimum absolute atomic E-state index is 0.118. The topological polar surface area (TPSA) is 54.0 Å². The minimum Gasteiger partial charge on any atom is -0.497 e. The van der Waals surface area contributed by atoms with Gasteiger partial charge in [0, 0.05) is 4.47 Å². The zero-order valence-electron chi connectivity index (χ0n) is 11.2. The highest BCUT2D eigenvalue weighted by atomic mass is 79.9. The molecular formula is C12H18BrO5P. The second kappa shape index (κ2) is 8.02. The Labute approximate surface area is 121 Å². The number of hydrogen-bond donors (Lipinski definition) is 0. The maximum atomic E-state index is 12.1. The molecule has 0 bridgehead atoms. The summed E-state index contributed by atoms with van der Waals surface area (Å²) in [5.41, 5.74) is 0.811. The molecule has 0 heterocycles.